The monoisotopic (exact) mass is 396 g/mol. The Balaban J connectivity index is 1.96. The molecule has 1 aliphatic heterocycles. The zero-order chi connectivity index (χ0) is 17.6. The number of anilines is 1. The summed E-state index contributed by atoms with van der Waals surface area (Å²) < 4.78 is 0.930. The predicted molar refractivity (Wildman–Crippen MR) is 98.6 cm³/mol. The molecule has 0 saturated heterocycles. The Labute approximate surface area is 151 Å². The summed E-state index contributed by atoms with van der Waals surface area (Å²) >= 11 is 3.47. The highest BCUT2D eigenvalue weighted by Crippen LogP contribution is 2.40. The first kappa shape index (κ1) is 15.8. The largest absolute Gasteiger partial charge is 0.354 e. The fourth-order valence-electron chi connectivity index (χ4n) is 3.30. The Morgan fingerprint density at radius 2 is 2.04 bits per heavy atom. The zero-order valence-corrected chi connectivity index (χ0v) is 14.7. The molecule has 25 heavy (non-hydrogen) atoms. The van der Waals surface area contributed by atoms with Gasteiger partial charge < -0.3 is 9.88 Å². The van der Waals surface area contributed by atoms with Crippen LogP contribution in [0.15, 0.2) is 46.9 Å². The molecule has 0 atom stereocenters. The number of rotatable bonds is 3. The summed E-state index contributed by atoms with van der Waals surface area (Å²) in [4.78, 5) is 40.0. The quantitative estimate of drug-likeness (QED) is 0.545. The molecule has 6 heteroatoms. The van der Waals surface area contributed by atoms with Crippen LogP contribution in [0.1, 0.15) is 5.56 Å². The molecule has 0 radical (unpaired) electrons. The van der Waals surface area contributed by atoms with Gasteiger partial charge in [0.15, 0.2) is 6.29 Å². The van der Waals surface area contributed by atoms with Gasteiger partial charge in [-0.05, 0) is 29.8 Å². The number of aromatic nitrogens is 1. The van der Waals surface area contributed by atoms with Gasteiger partial charge in [0.1, 0.15) is 0 Å². The first-order valence-electron chi connectivity index (χ1n) is 7.76. The second kappa shape index (κ2) is 5.97. The lowest BCUT2D eigenvalue weighted by Crippen LogP contribution is -2.36. The van der Waals surface area contributed by atoms with Crippen molar-refractivity contribution in [3.05, 3.63) is 52.5 Å². The molecule has 1 amide bonds. The van der Waals surface area contributed by atoms with E-state index in [1.165, 1.54) is 4.90 Å². The summed E-state index contributed by atoms with van der Waals surface area (Å²) in [5, 5.41) is 0.969. The van der Waals surface area contributed by atoms with Crippen molar-refractivity contribution in [1.29, 1.82) is 0 Å². The molecule has 0 spiro atoms. The lowest BCUT2D eigenvalue weighted by Gasteiger charge is -2.21. The Morgan fingerprint density at radius 1 is 1.24 bits per heavy atom. The molecule has 4 rings (SSSR count). The summed E-state index contributed by atoms with van der Waals surface area (Å²) in [6, 6.07) is 13.3. The molecule has 5 nitrogen and oxygen atoms in total. The third-order valence-corrected chi connectivity index (χ3v) is 4.90. The number of nitrogens with one attached hydrogen (secondary N) is 1. The molecule has 1 aliphatic rings. The van der Waals surface area contributed by atoms with E-state index < -0.39 is 5.78 Å². The number of aromatic amines is 1. The summed E-state index contributed by atoms with van der Waals surface area (Å²) in [6.07, 6.45) is 0.416. The highest BCUT2D eigenvalue weighted by molar-refractivity contribution is 9.10. The lowest BCUT2D eigenvalue weighted by atomic mass is 10.0. The van der Waals surface area contributed by atoms with Gasteiger partial charge in [0.2, 0.25) is 11.7 Å². The van der Waals surface area contributed by atoms with E-state index in [0.29, 0.717) is 5.69 Å². The fraction of sp³-hybridized carbons (Fsp3) is 0.105. The predicted octanol–water partition coefficient (Wildman–Crippen LogP) is 3.25. The molecule has 0 aliphatic carbocycles. The second-order valence-electron chi connectivity index (χ2n) is 5.93. The third-order valence-electron chi connectivity index (χ3n) is 4.41. The van der Waals surface area contributed by atoms with Gasteiger partial charge >= 0.3 is 0 Å². The van der Waals surface area contributed by atoms with E-state index in [1.54, 1.807) is 6.07 Å². The summed E-state index contributed by atoms with van der Waals surface area (Å²) in [6.45, 7) is -0.245. The van der Waals surface area contributed by atoms with Crippen molar-refractivity contribution < 1.29 is 14.4 Å². The molecule has 2 heterocycles. The summed E-state index contributed by atoms with van der Waals surface area (Å²) in [5.41, 5.74) is 4.20. The van der Waals surface area contributed by atoms with Gasteiger partial charge in [-0.25, -0.2) is 0 Å². The topological polar surface area (TPSA) is 70.2 Å². The first-order chi connectivity index (χ1) is 12.1. The Morgan fingerprint density at radius 3 is 2.84 bits per heavy atom. The summed E-state index contributed by atoms with van der Waals surface area (Å²) in [7, 11) is 0. The molecule has 0 saturated carbocycles. The van der Waals surface area contributed by atoms with Crippen LogP contribution in [-0.4, -0.2) is 29.5 Å². The maximum absolute atomic E-state index is 12.8. The van der Waals surface area contributed by atoms with Gasteiger partial charge in [-0.3, -0.25) is 14.4 Å². The van der Waals surface area contributed by atoms with Crippen LogP contribution in [0.2, 0.25) is 0 Å². The van der Waals surface area contributed by atoms with Crippen LogP contribution in [0.5, 0.6) is 0 Å². The van der Waals surface area contributed by atoms with Crippen LogP contribution in [0.3, 0.4) is 0 Å². The van der Waals surface area contributed by atoms with Crippen molar-refractivity contribution >= 4 is 50.5 Å². The zero-order valence-electron chi connectivity index (χ0n) is 13.1. The smallest absolute Gasteiger partial charge is 0.231 e. The molecule has 1 aromatic heterocycles. The molecule has 0 bridgehead atoms. The van der Waals surface area contributed by atoms with Gasteiger partial charge in [-0.15, -0.1) is 0 Å². The van der Waals surface area contributed by atoms with Crippen LogP contribution < -0.4 is 4.90 Å². The average Bonchev–Trinajstić information content (AvgIpc) is 2.91. The normalized spacial score (nSPS) is 13.3. The molecular formula is C19H13BrN2O3. The number of nitrogens with zero attached hydrogens (tertiary/aromatic N) is 1. The van der Waals surface area contributed by atoms with Crippen molar-refractivity contribution in [2.24, 2.45) is 0 Å². The fourth-order valence-corrected chi connectivity index (χ4v) is 3.66. The number of hydrogen-bond donors (Lipinski definition) is 1. The SMILES string of the molecule is O=CC(=O)CN1C(=O)Cc2c([nH]c3ccc(Br)cc23)-c2ccccc21. The average molecular weight is 397 g/mol. The van der Waals surface area contributed by atoms with E-state index in [2.05, 4.69) is 20.9 Å². The molecule has 0 unspecified atom stereocenters. The Bertz CT molecular complexity index is 1040. The molecule has 2 aromatic carbocycles. The van der Waals surface area contributed by atoms with E-state index in [9.17, 15) is 14.4 Å². The summed E-state index contributed by atoms with van der Waals surface area (Å²) in [5.74, 6) is -0.830. The minimum atomic E-state index is -0.624. The number of aldehydes is 1. The van der Waals surface area contributed by atoms with E-state index in [-0.39, 0.29) is 25.2 Å². The standard InChI is InChI=1S/C19H13BrN2O3/c20-11-5-6-16-14(7-11)15-8-18(25)22(9-12(24)10-23)17-4-2-1-3-13(17)19(15)21-16/h1-7,10,21H,8-9H2. The van der Waals surface area contributed by atoms with Gasteiger partial charge in [-0.1, -0.05) is 34.1 Å². The highest BCUT2D eigenvalue weighted by atomic mass is 79.9. The number of halogens is 1. The maximum Gasteiger partial charge on any atom is 0.231 e. The number of Topliss-reactive ketones (excluding diaryl/α,β-unsaturated/α-hetero) is 1. The lowest BCUT2D eigenvalue weighted by molar-refractivity contribution is -0.129. The number of amides is 1. The number of ketones is 1. The number of fused-ring (bicyclic) bond motifs is 5. The minimum Gasteiger partial charge on any atom is -0.354 e. The van der Waals surface area contributed by atoms with Gasteiger partial charge in [0.05, 0.1) is 24.3 Å². The third kappa shape index (κ3) is 2.59. The van der Waals surface area contributed by atoms with Crippen molar-refractivity contribution in [1.82, 2.24) is 4.98 Å². The number of benzene rings is 2. The molecule has 3 aromatic rings. The van der Waals surface area contributed by atoms with Gasteiger partial charge in [-0.2, -0.15) is 0 Å². The van der Waals surface area contributed by atoms with Crippen molar-refractivity contribution in [2.45, 2.75) is 6.42 Å². The van der Waals surface area contributed by atoms with E-state index in [0.717, 1.165) is 32.2 Å². The van der Waals surface area contributed by atoms with Gasteiger partial charge in [0, 0.05) is 20.9 Å². The molecule has 124 valence electrons. The van der Waals surface area contributed by atoms with Crippen LogP contribution >= 0.6 is 15.9 Å². The van der Waals surface area contributed by atoms with Crippen molar-refractivity contribution in [2.75, 3.05) is 11.4 Å². The maximum atomic E-state index is 12.8. The number of para-hydroxylation sites is 1. The van der Waals surface area contributed by atoms with E-state index in [1.807, 2.05) is 36.4 Å². The van der Waals surface area contributed by atoms with Crippen molar-refractivity contribution in [3.63, 3.8) is 0 Å². The minimum absolute atomic E-state index is 0.159. The first-order valence-corrected chi connectivity index (χ1v) is 8.55. The Hall–Kier alpha value is -2.73. The Kier molecular flexibility index (Phi) is 3.77. The van der Waals surface area contributed by atoms with Crippen LogP contribution in [0, 0.1) is 0 Å². The highest BCUT2D eigenvalue weighted by Gasteiger charge is 2.29. The number of H-pyrrole nitrogens is 1. The van der Waals surface area contributed by atoms with Crippen LogP contribution in [-0.2, 0) is 20.8 Å². The molecule has 0 fully saturated rings. The van der Waals surface area contributed by atoms with Crippen LogP contribution in [0.4, 0.5) is 5.69 Å². The molecule has 1 N–H and O–H groups in total. The number of carbonyl (C=O) groups excluding carboxylic acids is 3. The number of hydrogen-bond acceptors (Lipinski definition) is 3. The van der Waals surface area contributed by atoms with E-state index >= 15 is 0 Å². The molecular weight excluding hydrogens is 384 g/mol. The van der Waals surface area contributed by atoms with E-state index in [4.69, 9.17) is 0 Å². The number of carbonyl (C=O) groups is 3. The van der Waals surface area contributed by atoms with Gasteiger partial charge in [0.25, 0.3) is 0 Å². The second-order valence-corrected chi connectivity index (χ2v) is 6.84. The van der Waals surface area contributed by atoms with Crippen LogP contribution in [0.25, 0.3) is 22.2 Å². The van der Waals surface area contributed by atoms with Crippen molar-refractivity contribution in [3.8, 4) is 11.3 Å².